The molecule has 3 heteroatoms. The molecule has 0 saturated heterocycles. The Morgan fingerprint density at radius 1 is 1.35 bits per heavy atom. The molecule has 1 amide bonds. The Balaban J connectivity index is 1.44. The first-order chi connectivity index (χ1) is 9.72. The van der Waals surface area contributed by atoms with Gasteiger partial charge in [0, 0.05) is 24.9 Å². The molecule has 3 nitrogen and oxygen atoms in total. The van der Waals surface area contributed by atoms with E-state index in [0.29, 0.717) is 12.5 Å². The molecule has 0 radical (unpaired) electrons. The second-order valence-electron chi connectivity index (χ2n) is 6.55. The Morgan fingerprint density at radius 3 is 2.80 bits per heavy atom. The lowest BCUT2D eigenvalue weighted by Crippen LogP contribution is -2.40. The zero-order chi connectivity index (χ0) is 13.9. The van der Waals surface area contributed by atoms with E-state index in [-0.39, 0.29) is 5.91 Å². The standard InChI is InChI=1S/C17H24N2O/c1-12(16-11-14-2-4-15(16)10-14)19-17(20)5-3-13-6-8-18-9-7-13/h6-9,12,14-16H,2-5,10-11H2,1H3,(H,19,20)/t12-,14-,15-,16-/m0/s1. The Hall–Kier alpha value is -1.38. The van der Waals surface area contributed by atoms with Crippen LogP contribution in [0.1, 0.15) is 44.6 Å². The van der Waals surface area contributed by atoms with Crippen molar-refractivity contribution in [3.05, 3.63) is 30.1 Å². The molecule has 0 unspecified atom stereocenters. The number of aryl methyl sites for hydroxylation is 1. The van der Waals surface area contributed by atoms with Gasteiger partial charge < -0.3 is 5.32 Å². The summed E-state index contributed by atoms with van der Waals surface area (Å²) >= 11 is 0. The third kappa shape index (κ3) is 3.02. The maximum Gasteiger partial charge on any atom is 0.220 e. The van der Waals surface area contributed by atoms with Gasteiger partial charge in [-0.05, 0) is 68.1 Å². The van der Waals surface area contributed by atoms with Gasteiger partial charge in [-0.3, -0.25) is 9.78 Å². The summed E-state index contributed by atoms with van der Waals surface area (Å²) in [5, 5.41) is 3.22. The van der Waals surface area contributed by atoms with E-state index in [2.05, 4.69) is 17.2 Å². The Morgan fingerprint density at radius 2 is 2.15 bits per heavy atom. The van der Waals surface area contributed by atoms with E-state index in [1.165, 1.54) is 31.2 Å². The third-order valence-electron chi connectivity index (χ3n) is 5.21. The van der Waals surface area contributed by atoms with Gasteiger partial charge in [0.15, 0.2) is 0 Å². The number of pyridine rings is 1. The van der Waals surface area contributed by atoms with E-state index >= 15 is 0 Å². The lowest BCUT2D eigenvalue weighted by Gasteiger charge is -2.28. The largest absolute Gasteiger partial charge is 0.353 e. The number of hydrogen-bond acceptors (Lipinski definition) is 2. The van der Waals surface area contributed by atoms with Gasteiger partial charge in [-0.2, -0.15) is 0 Å². The van der Waals surface area contributed by atoms with Crippen LogP contribution in [0, 0.1) is 17.8 Å². The summed E-state index contributed by atoms with van der Waals surface area (Å²) in [7, 11) is 0. The highest BCUT2D eigenvalue weighted by Gasteiger charge is 2.41. The molecule has 2 aliphatic rings. The summed E-state index contributed by atoms with van der Waals surface area (Å²) in [4.78, 5) is 16.1. The summed E-state index contributed by atoms with van der Waals surface area (Å²) < 4.78 is 0. The molecule has 108 valence electrons. The van der Waals surface area contributed by atoms with Gasteiger partial charge in [-0.1, -0.05) is 6.42 Å². The number of nitrogens with one attached hydrogen (secondary N) is 1. The van der Waals surface area contributed by atoms with Crippen LogP contribution in [-0.4, -0.2) is 16.9 Å². The number of carbonyl (C=O) groups excluding carboxylic acids is 1. The van der Waals surface area contributed by atoms with Gasteiger partial charge in [0.1, 0.15) is 0 Å². The van der Waals surface area contributed by atoms with Crippen LogP contribution in [0.5, 0.6) is 0 Å². The van der Waals surface area contributed by atoms with Crippen molar-refractivity contribution in [3.63, 3.8) is 0 Å². The van der Waals surface area contributed by atoms with Gasteiger partial charge >= 0.3 is 0 Å². The van der Waals surface area contributed by atoms with Crippen molar-refractivity contribution in [2.24, 2.45) is 17.8 Å². The highest BCUT2D eigenvalue weighted by Crippen LogP contribution is 2.49. The van der Waals surface area contributed by atoms with Crippen LogP contribution in [0.25, 0.3) is 0 Å². The van der Waals surface area contributed by atoms with Crippen LogP contribution in [0.15, 0.2) is 24.5 Å². The summed E-state index contributed by atoms with van der Waals surface area (Å²) in [6.45, 7) is 2.19. The maximum absolute atomic E-state index is 12.1. The maximum atomic E-state index is 12.1. The van der Waals surface area contributed by atoms with E-state index in [9.17, 15) is 4.79 Å². The van der Waals surface area contributed by atoms with Gasteiger partial charge in [0.05, 0.1) is 0 Å². The molecular formula is C17H24N2O. The molecule has 0 aliphatic heterocycles. The summed E-state index contributed by atoms with van der Waals surface area (Å²) in [6, 6.07) is 4.30. The smallest absolute Gasteiger partial charge is 0.220 e. The van der Waals surface area contributed by atoms with Gasteiger partial charge in [0.2, 0.25) is 5.91 Å². The molecule has 2 aliphatic carbocycles. The number of carbonyl (C=O) groups is 1. The Bertz CT molecular complexity index is 459. The van der Waals surface area contributed by atoms with Crippen molar-refractivity contribution in [2.75, 3.05) is 0 Å². The van der Waals surface area contributed by atoms with E-state index < -0.39 is 0 Å². The first-order valence-electron chi connectivity index (χ1n) is 7.90. The topological polar surface area (TPSA) is 42.0 Å². The normalized spacial score (nSPS) is 29.4. The molecule has 1 aromatic heterocycles. The number of fused-ring (bicyclic) bond motifs is 2. The predicted molar refractivity (Wildman–Crippen MR) is 79.1 cm³/mol. The fraction of sp³-hybridized carbons (Fsp3) is 0.647. The molecule has 4 atom stereocenters. The van der Waals surface area contributed by atoms with E-state index in [4.69, 9.17) is 0 Å². The number of rotatable bonds is 5. The zero-order valence-corrected chi connectivity index (χ0v) is 12.2. The number of nitrogens with zero attached hydrogens (tertiary/aromatic N) is 1. The van der Waals surface area contributed by atoms with Crippen molar-refractivity contribution < 1.29 is 4.79 Å². The van der Waals surface area contributed by atoms with Crippen LogP contribution in [0.2, 0.25) is 0 Å². The summed E-state index contributed by atoms with van der Waals surface area (Å²) in [6.07, 6.45) is 10.5. The molecule has 1 heterocycles. The third-order valence-corrected chi connectivity index (χ3v) is 5.21. The first kappa shape index (κ1) is 13.6. The monoisotopic (exact) mass is 272 g/mol. The molecule has 2 saturated carbocycles. The second kappa shape index (κ2) is 5.94. The predicted octanol–water partition coefficient (Wildman–Crippen LogP) is 2.96. The van der Waals surface area contributed by atoms with Crippen LogP contribution < -0.4 is 5.32 Å². The van der Waals surface area contributed by atoms with Crippen molar-refractivity contribution in [2.45, 2.75) is 51.5 Å². The Labute approximate surface area is 121 Å². The minimum absolute atomic E-state index is 0.192. The fourth-order valence-electron chi connectivity index (χ4n) is 4.15. The van der Waals surface area contributed by atoms with Crippen LogP contribution in [0.4, 0.5) is 0 Å². The minimum atomic E-state index is 0.192. The lowest BCUT2D eigenvalue weighted by molar-refractivity contribution is -0.122. The first-order valence-corrected chi connectivity index (χ1v) is 7.90. The molecule has 0 spiro atoms. The van der Waals surface area contributed by atoms with E-state index in [1.807, 2.05) is 12.1 Å². The molecular weight excluding hydrogens is 248 g/mol. The molecule has 20 heavy (non-hydrogen) atoms. The van der Waals surface area contributed by atoms with Crippen LogP contribution in [0.3, 0.4) is 0 Å². The number of amides is 1. The van der Waals surface area contributed by atoms with E-state index in [1.54, 1.807) is 12.4 Å². The van der Waals surface area contributed by atoms with Crippen LogP contribution >= 0.6 is 0 Å². The quantitative estimate of drug-likeness (QED) is 0.895. The summed E-state index contributed by atoms with van der Waals surface area (Å²) in [5.41, 5.74) is 1.18. The van der Waals surface area contributed by atoms with E-state index in [0.717, 1.165) is 24.2 Å². The Kier molecular flexibility index (Phi) is 4.04. The number of aromatic nitrogens is 1. The van der Waals surface area contributed by atoms with Gasteiger partial charge in [-0.15, -0.1) is 0 Å². The minimum Gasteiger partial charge on any atom is -0.353 e. The zero-order valence-electron chi connectivity index (χ0n) is 12.2. The lowest BCUT2D eigenvalue weighted by atomic mass is 9.84. The average molecular weight is 272 g/mol. The van der Waals surface area contributed by atoms with Crippen molar-refractivity contribution in [1.29, 1.82) is 0 Å². The highest BCUT2D eigenvalue weighted by molar-refractivity contribution is 5.76. The van der Waals surface area contributed by atoms with Gasteiger partial charge in [-0.25, -0.2) is 0 Å². The SMILES string of the molecule is C[C@H](NC(=O)CCc1ccncc1)[C@@H]1C[C@H]2CC[C@H]1C2. The highest BCUT2D eigenvalue weighted by atomic mass is 16.1. The molecule has 2 bridgehead atoms. The molecule has 2 fully saturated rings. The molecule has 3 rings (SSSR count). The molecule has 0 aromatic carbocycles. The summed E-state index contributed by atoms with van der Waals surface area (Å²) in [5.74, 6) is 2.73. The number of hydrogen-bond donors (Lipinski definition) is 1. The fourth-order valence-corrected chi connectivity index (χ4v) is 4.15. The van der Waals surface area contributed by atoms with Crippen molar-refractivity contribution >= 4 is 5.91 Å². The van der Waals surface area contributed by atoms with Crippen molar-refractivity contribution in [3.8, 4) is 0 Å². The molecule has 1 aromatic rings. The van der Waals surface area contributed by atoms with Gasteiger partial charge in [0.25, 0.3) is 0 Å². The second-order valence-corrected chi connectivity index (χ2v) is 6.55. The van der Waals surface area contributed by atoms with Crippen LogP contribution in [-0.2, 0) is 11.2 Å². The molecule has 1 N–H and O–H groups in total. The average Bonchev–Trinajstić information content (AvgIpc) is 3.09. The van der Waals surface area contributed by atoms with Crippen molar-refractivity contribution in [1.82, 2.24) is 10.3 Å².